The van der Waals surface area contributed by atoms with Crippen LogP contribution in [-0.4, -0.2) is 22.1 Å². The van der Waals surface area contributed by atoms with Crippen molar-refractivity contribution >= 4 is 17.7 Å². The fourth-order valence-corrected chi connectivity index (χ4v) is 2.00. The second kappa shape index (κ2) is 5.18. The number of benzene rings is 1. The van der Waals surface area contributed by atoms with Crippen molar-refractivity contribution in [2.75, 3.05) is 6.26 Å². The zero-order chi connectivity index (χ0) is 13.1. The van der Waals surface area contributed by atoms with Crippen LogP contribution in [0.2, 0.25) is 0 Å². The molecule has 0 bridgehead atoms. The van der Waals surface area contributed by atoms with Crippen LogP contribution in [0.15, 0.2) is 35.2 Å². The lowest BCUT2D eigenvalue weighted by Gasteiger charge is -2.05. The molecule has 0 fully saturated rings. The highest BCUT2D eigenvalue weighted by atomic mass is 32.2. The van der Waals surface area contributed by atoms with Crippen LogP contribution in [0.25, 0.3) is 11.3 Å². The maximum atomic E-state index is 11.1. The average molecular weight is 259 g/mol. The van der Waals surface area contributed by atoms with E-state index in [0.717, 1.165) is 11.3 Å². The van der Waals surface area contributed by atoms with Gasteiger partial charge in [-0.2, -0.15) is 0 Å². The third-order valence-corrected chi connectivity index (χ3v) is 3.20. The van der Waals surface area contributed by atoms with Gasteiger partial charge in [0, 0.05) is 16.2 Å². The SMILES string of the molecule is CSc1ccc(-c2cc(C)nc(C(N)=O)n2)cc1. The van der Waals surface area contributed by atoms with E-state index >= 15 is 0 Å². The first kappa shape index (κ1) is 12.6. The summed E-state index contributed by atoms with van der Waals surface area (Å²) in [5, 5.41) is 0. The number of thioether (sulfide) groups is 1. The third kappa shape index (κ3) is 2.68. The summed E-state index contributed by atoms with van der Waals surface area (Å²) in [7, 11) is 0. The van der Waals surface area contributed by atoms with Gasteiger partial charge in [-0.05, 0) is 31.4 Å². The zero-order valence-corrected chi connectivity index (χ0v) is 11.0. The minimum atomic E-state index is -0.610. The first-order valence-corrected chi connectivity index (χ1v) is 6.62. The molecule has 0 aliphatic rings. The standard InChI is InChI=1S/C13H13N3OS/c1-8-7-11(16-13(15-8)12(14)17)9-3-5-10(18-2)6-4-9/h3-7H,1-2H3,(H2,14,17). The lowest BCUT2D eigenvalue weighted by molar-refractivity contribution is 0.0990. The molecule has 0 aliphatic carbocycles. The van der Waals surface area contributed by atoms with Crippen molar-refractivity contribution in [3.8, 4) is 11.3 Å². The van der Waals surface area contributed by atoms with Gasteiger partial charge in [0.1, 0.15) is 0 Å². The third-order valence-electron chi connectivity index (χ3n) is 2.46. The highest BCUT2D eigenvalue weighted by Crippen LogP contribution is 2.22. The molecule has 2 rings (SSSR count). The molecule has 0 unspecified atom stereocenters. The molecule has 2 aromatic rings. The number of aryl methyl sites for hydroxylation is 1. The Hall–Kier alpha value is -1.88. The summed E-state index contributed by atoms with van der Waals surface area (Å²) < 4.78 is 0. The summed E-state index contributed by atoms with van der Waals surface area (Å²) in [5.74, 6) is -0.556. The molecule has 0 aliphatic heterocycles. The van der Waals surface area contributed by atoms with Gasteiger partial charge in [0.25, 0.3) is 5.91 Å². The highest BCUT2D eigenvalue weighted by Gasteiger charge is 2.08. The number of nitrogens with zero attached hydrogens (tertiary/aromatic N) is 2. The highest BCUT2D eigenvalue weighted by molar-refractivity contribution is 7.98. The van der Waals surface area contributed by atoms with Crippen LogP contribution in [0.3, 0.4) is 0 Å². The van der Waals surface area contributed by atoms with E-state index in [-0.39, 0.29) is 5.82 Å². The van der Waals surface area contributed by atoms with E-state index in [1.807, 2.05) is 43.5 Å². The molecule has 1 aromatic carbocycles. The second-order valence-electron chi connectivity index (χ2n) is 3.81. The number of primary amides is 1. The molecule has 1 heterocycles. The Kier molecular flexibility index (Phi) is 3.62. The van der Waals surface area contributed by atoms with E-state index in [1.54, 1.807) is 11.8 Å². The number of amides is 1. The number of rotatable bonds is 3. The van der Waals surface area contributed by atoms with Crippen molar-refractivity contribution in [1.29, 1.82) is 0 Å². The normalized spacial score (nSPS) is 10.3. The molecule has 0 saturated carbocycles. The molecule has 4 nitrogen and oxygen atoms in total. The minimum absolute atomic E-state index is 0.0546. The molecular weight excluding hydrogens is 246 g/mol. The number of carbonyl (C=O) groups excluding carboxylic acids is 1. The summed E-state index contributed by atoms with van der Waals surface area (Å²) in [5.41, 5.74) is 7.59. The van der Waals surface area contributed by atoms with E-state index in [4.69, 9.17) is 5.73 Å². The largest absolute Gasteiger partial charge is 0.363 e. The predicted molar refractivity (Wildman–Crippen MR) is 72.5 cm³/mol. The molecule has 1 amide bonds. The number of nitrogens with two attached hydrogens (primary N) is 1. The van der Waals surface area contributed by atoms with Gasteiger partial charge in [0.05, 0.1) is 5.69 Å². The molecule has 0 saturated heterocycles. The Balaban J connectivity index is 2.46. The topological polar surface area (TPSA) is 68.9 Å². The van der Waals surface area contributed by atoms with Crippen LogP contribution in [0, 0.1) is 6.92 Å². The van der Waals surface area contributed by atoms with Gasteiger partial charge < -0.3 is 5.73 Å². The Labute approximate surface area is 110 Å². The smallest absolute Gasteiger partial charge is 0.286 e. The van der Waals surface area contributed by atoms with E-state index < -0.39 is 5.91 Å². The van der Waals surface area contributed by atoms with Crippen LogP contribution in [-0.2, 0) is 0 Å². The maximum absolute atomic E-state index is 11.1. The molecule has 5 heteroatoms. The minimum Gasteiger partial charge on any atom is -0.363 e. The van der Waals surface area contributed by atoms with Crippen LogP contribution in [0.1, 0.15) is 16.3 Å². The number of aromatic nitrogens is 2. The average Bonchev–Trinajstić information content (AvgIpc) is 2.38. The van der Waals surface area contributed by atoms with Crippen molar-refractivity contribution < 1.29 is 4.79 Å². The Bertz CT molecular complexity index is 581. The molecule has 18 heavy (non-hydrogen) atoms. The molecule has 0 radical (unpaired) electrons. The van der Waals surface area contributed by atoms with Crippen molar-refractivity contribution in [1.82, 2.24) is 9.97 Å². The monoisotopic (exact) mass is 259 g/mol. The summed E-state index contributed by atoms with van der Waals surface area (Å²) in [6.45, 7) is 1.81. The quantitative estimate of drug-likeness (QED) is 0.858. The molecule has 1 aromatic heterocycles. The number of hydrogen-bond acceptors (Lipinski definition) is 4. The fraction of sp³-hybridized carbons (Fsp3) is 0.154. The van der Waals surface area contributed by atoms with Crippen LogP contribution >= 0.6 is 11.8 Å². The van der Waals surface area contributed by atoms with Gasteiger partial charge in [-0.1, -0.05) is 12.1 Å². The second-order valence-corrected chi connectivity index (χ2v) is 4.69. The Morgan fingerprint density at radius 1 is 1.22 bits per heavy atom. The van der Waals surface area contributed by atoms with E-state index in [1.165, 1.54) is 4.90 Å². The van der Waals surface area contributed by atoms with Crippen molar-refractivity contribution in [2.45, 2.75) is 11.8 Å². The molecule has 0 spiro atoms. The van der Waals surface area contributed by atoms with E-state index in [0.29, 0.717) is 5.69 Å². The van der Waals surface area contributed by atoms with Crippen molar-refractivity contribution in [3.05, 3.63) is 41.9 Å². The zero-order valence-electron chi connectivity index (χ0n) is 10.2. The summed E-state index contributed by atoms with van der Waals surface area (Å²) >= 11 is 1.68. The van der Waals surface area contributed by atoms with Crippen LogP contribution in [0.5, 0.6) is 0 Å². The van der Waals surface area contributed by atoms with Gasteiger partial charge in [0.15, 0.2) is 0 Å². The first-order valence-electron chi connectivity index (χ1n) is 5.40. The fourth-order valence-electron chi connectivity index (χ4n) is 1.59. The molecule has 2 N–H and O–H groups in total. The predicted octanol–water partition coefficient (Wildman–Crippen LogP) is 2.27. The number of hydrogen-bond donors (Lipinski definition) is 1. The van der Waals surface area contributed by atoms with E-state index in [2.05, 4.69) is 9.97 Å². The summed E-state index contributed by atoms with van der Waals surface area (Å²) in [4.78, 5) is 20.5. The van der Waals surface area contributed by atoms with Gasteiger partial charge >= 0.3 is 0 Å². The Morgan fingerprint density at radius 3 is 2.44 bits per heavy atom. The van der Waals surface area contributed by atoms with Crippen LogP contribution in [0.4, 0.5) is 0 Å². The van der Waals surface area contributed by atoms with Crippen LogP contribution < -0.4 is 5.73 Å². The number of carbonyl (C=O) groups is 1. The van der Waals surface area contributed by atoms with Crippen molar-refractivity contribution in [2.24, 2.45) is 5.73 Å². The summed E-state index contributed by atoms with van der Waals surface area (Å²) in [6, 6.07) is 9.81. The molecule has 0 atom stereocenters. The lowest BCUT2D eigenvalue weighted by atomic mass is 10.1. The van der Waals surface area contributed by atoms with Crippen molar-refractivity contribution in [3.63, 3.8) is 0 Å². The lowest BCUT2D eigenvalue weighted by Crippen LogP contribution is -2.16. The maximum Gasteiger partial charge on any atom is 0.286 e. The van der Waals surface area contributed by atoms with E-state index in [9.17, 15) is 4.79 Å². The van der Waals surface area contributed by atoms with Gasteiger partial charge in [-0.15, -0.1) is 11.8 Å². The van der Waals surface area contributed by atoms with Gasteiger partial charge in [-0.25, -0.2) is 9.97 Å². The molecule has 92 valence electrons. The summed E-state index contributed by atoms with van der Waals surface area (Å²) in [6.07, 6.45) is 2.02. The van der Waals surface area contributed by atoms with Gasteiger partial charge in [0.2, 0.25) is 5.82 Å². The molecular formula is C13H13N3OS. The first-order chi connectivity index (χ1) is 8.60. The van der Waals surface area contributed by atoms with Gasteiger partial charge in [-0.3, -0.25) is 4.79 Å². The Morgan fingerprint density at radius 2 is 1.89 bits per heavy atom.